The molecule has 7 nitrogen and oxygen atoms in total. The first kappa shape index (κ1) is 11.9. The molecule has 0 spiro atoms. The molecule has 0 unspecified atom stereocenters. The van der Waals surface area contributed by atoms with Crippen molar-refractivity contribution in [1.29, 1.82) is 0 Å². The highest BCUT2D eigenvalue weighted by Gasteiger charge is 2.11. The van der Waals surface area contributed by atoms with Gasteiger partial charge in [0, 0.05) is 18.2 Å². The van der Waals surface area contributed by atoms with Crippen LogP contribution in [0, 0.1) is 10.1 Å². The maximum absolute atomic E-state index is 10.7. The lowest BCUT2D eigenvalue weighted by Gasteiger charge is -2.04. The van der Waals surface area contributed by atoms with E-state index in [1.54, 1.807) is 18.2 Å². The Morgan fingerprint density at radius 1 is 1.56 bits per heavy atom. The van der Waals surface area contributed by atoms with Crippen LogP contribution in [0.1, 0.15) is 5.56 Å². The Kier molecular flexibility index (Phi) is 4.22. The van der Waals surface area contributed by atoms with E-state index in [-0.39, 0.29) is 24.6 Å². The minimum absolute atomic E-state index is 0.0265. The Labute approximate surface area is 91.7 Å². The molecule has 0 aromatic heterocycles. The number of nitrogens with one attached hydrogen (secondary N) is 1. The third kappa shape index (κ3) is 3.21. The maximum atomic E-state index is 10.7. The molecule has 0 radical (unpaired) electrons. The molecule has 1 aromatic carbocycles. The SMILES string of the molecule is NC(CNCc1ccccc1[N+](=O)[O-])=NO. The topological polar surface area (TPSA) is 114 Å². The van der Waals surface area contributed by atoms with E-state index in [4.69, 9.17) is 10.9 Å². The molecule has 0 saturated carbocycles. The van der Waals surface area contributed by atoms with Crippen LogP contribution in [0.15, 0.2) is 29.4 Å². The fourth-order valence-corrected chi connectivity index (χ4v) is 1.20. The van der Waals surface area contributed by atoms with Crippen molar-refractivity contribution in [3.8, 4) is 0 Å². The molecule has 1 aromatic rings. The summed E-state index contributed by atoms with van der Waals surface area (Å²) in [7, 11) is 0. The Balaban J connectivity index is 2.63. The van der Waals surface area contributed by atoms with E-state index in [1.165, 1.54) is 6.07 Å². The van der Waals surface area contributed by atoms with Crippen molar-refractivity contribution in [3.05, 3.63) is 39.9 Å². The van der Waals surface area contributed by atoms with Gasteiger partial charge in [-0.15, -0.1) is 0 Å². The summed E-state index contributed by atoms with van der Waals surface area (Å²) in [5.41, 5.74) is 5.84. The molecule has 0 aliphatic heterocycles. The number of nitrogens with two attached hydrogens (primary N) is 1. The highest BCUT2D eigenvalue weighted by Crippen LogP contribution is 2.16. The zero-order valence-electron chi connectivity index (χ0n) is 8.46. The van der Waals surface area contributed by atoms with Gasteiger partial charge in [0.1, 0.15) is 0 Å². The third-order valence-corrected chi connectivity index (χ3v) is 1.94. The number of nitro groups is 1. The van der Waals surface area contributed by atoms with E-state index in [9.17, 15) is 10.1 Å². The first-order valence-corrected chi connectivity index (χ1v) is 4.54. The number of benzene rings is 1. The van der Waals surface area contributed by atoms with Crippen molar-refractivity contribution < 1.29 is 10.1 Å². The average molecular weight is 224 g/mol. The van der Waals surface area contributed by atoms with E-state index in [0.29, 0.717) is 5.56 Å². The minimum atomic E-state index is -0.444. The molecular formula is C9H12N4O3. The number of oxime groups is 1. The molecular weight excluding hydrogens is 212 g/mol. The van der Waals surface area contributed by atoms with Crippen LogP contribution >= 0.6 is 0 Å². The van der Waals surface area contributed by atoms with E-state index in [0.717, 1.165) is 0 Å². The Morgan fingerprint density at radius 3 is 2.88 bits per heavy atom. The van der Waals surface area contributed by atoms with Crippen molar-refractivity contribution in [3.63, 3.8) is 0 Å². The molecule has 4 N–H and O–H groups in total. The zero-order valence-corrected chi connectivity index (χ0v) is 8.46. The maximum Gasteiger partial charge on any atom is 0.273 e. The van der Waals surface area contributed by atoms with Gasteiger partial charge in [-0.1, -0.05) is 23.4 Å². The van der Waals surface area contributed by atoms with Crippen LogP contribution < -0.4 is 11.1 Å². The molecule has 7 heteroatoms. The summed E-state index contributed by atoms with van der Waals surface area (Å²) in [6.45, 7) is 0.454. The quantitative estimate of drug-likeness (QED) is 0.220. The Morgan fingerprint density at radius 2 is 2.25 bits per heavy atom. The lowest BCUT2D eigenvalue weighted by Crippen LogP contribution is -2.28. The summed E-state index contributed by atoms with van der Waals surface area (Å²) in [5.74, 6) is 0.0265. The zero-order chi connectivity index (χ0) is 12.0. The first-order valence-electron chi connectivity index (χ1n) is 4.54. The predicted octanol–water partition coefficient (Wildman–Crippen LogP) is 0.431. The second-order valence-electron chi connectivity index (χ2n) is 3.08. The first-order chi connectivity index (χ1) is 7.65. The highest BCUT2D eigenvalue weighted by molar-refractivity contribution is 5.81. The second kappa shape index (κ2) is 5.66. The largest absolute Gasteiger partial charge is 0.409 e. The number of para-hydroxylation sites is 1. The molecule has 0 atom stereocenters. The lowest BCUT2D eigenvalue weighted by molar-refractivity contribution is -0.385. The molecule has 16 heavy (non-hydrogen) atoms. The van der Waals surface area contributed by atoms with Crippen LogP contribution in [0.5, 0.6) is 0 Å². The molecule has 0 heterocycles. The standard InChI is InChI=1S/C9H12N4O3/c10-9(12-14)6-11-5-7-3-1-2-4-8(7)13(15)16/h1-4,11,14H,5-6H2,(H2,10,12). The lowest BCUT2D eigenvalue weighted by atomic mass is 10.2. The van der Waals surface area contributed by atoms with Crippen molar-refractivity contribution in [2.24, 2.45) is 10.9 Å². The molecule has 0 saturated heterocycles. The molecule has 0 aliphatic carbocycles. The van der Waals surface area contributed by atoms with Gasteiger partial charge in [0.15, 0.2) is 5.84 Å². The van der Waals surface area contributed by atoms with Crippen LogP contribution in [-0.2, 0) is 6.54 Å². The van der Waals surface area contributed by atoms with Crippen molar-refractivity contribution in [2.75, 3.05) is 6.54 Å². The van der Waals surface area contributed by atoms with Gasteiger partial charge in [0.25, 0.3) is 5.69 Å². The smallest absolute Gasteiger partial charge is 0.273 e. The summed E-state index contributed by atoms with van der Waals surface area (Å²) >= 11 is 0. The highest BCUT2D eigenvalue weighted by atomic mass is 16.6. The number of hydrogen-bond donors (Lipinski definition) is 3. The molecule has 0 aliphatic rings. The van der Waals surface area contributed by atoms with Crippen LogP contribution in [-0.4, -0.2) is 22.5 Å². The van der Waals surface area contributed by atoms with Crippen LogP contribution in [0.2, 0.25) is 0 Å². The van der Waals surface area contributed by atoms with Gasteiger partial charge in [-0.05, 0) is 0 Å². The van der Waals surface area contributed by atoms with Gasteiger partial charge >= 0.3 is 0 Å². The van der Waals surface area contributed by atoms with Gasteiger partial charge in [-0.2, -0.15) is 0 Å². The van der Waals surface area contributed by atoms with E-state index < -0.39 is 4.92 Å². The minimum Gasteiger partial charge on any atom is -0.409 e. The van der Waals surface area contributed by atoms with Crippen LogP contribution in [0.3, 0.4) is 0 Å². The van der Waals surface area contributed by atoms with Crippen molar-refractivity contribution in [2.45, 2.75) is 6.54 Å². The van der Waals surface area contributed by atoms with E-state index >= 15 is 0 Å². The number of hydrogen-bond acceptors (Lipinski definition) is 5. The number of nitrogens with zero attached hydrogens (tertiary/aromatic N) is 2. The van der Waals surface area contributed by atoms with E-state index in [1.807, 2.05) is 0 Å². The third-order valence-electron chi connectivity index (χ3n) is 1.94. The van der Waals surface area contributed by atoms with Crippen molar-refractivity contribution >= 4 is 11.5 Å². The molecule has 86 valence electrons. The Hall–Kier alpha value is -2.15. The monoisotopic (exact) mass is 224 g/mol. The number of rotatable bonds is 5. The summed E-state index contributed by atoms with van der Waals surface area (Å²) < 4.78 is 0. The van der Waals surface area contributed by atoms with Gasteiger partial charge in [-0.3, -0.25) is 10.1 Å². The van der Waals surface area contributed by atoms with Gasteiger partial charge in [-0.25, -0.2) is 0 Å². The molecule has 0 bridgehead atoms. The fraction of sp³-hybridized carbons (Fsp3) is 0.222. The summed E-state index contributed by atoms with van der Waals surface area (Å²) in [6, 6.07) is 6.40. The normalized spacial score (nSPS) is 11.4. The summed E-state index contributed by atoms with van der Waals surface area (Å²) in [5, 5.41) is 24.6. The molecule has 1 rings (SSSR count). The fourth-order valence-electron chi connectivity index (χ4n) is 1.20. The molecule has 0 amide bonds. The summed E-state index contributed by atoms with van der Waals surface area (Å²) in [6.07, 6.45) is 0. The van der Waals surface area contributed by atoms with Gasteiger partial charge < -0.3 is 16.3 Å². The number of amidine groups is 1. The predicted molar refractivity (Wildman–Crippen MR) is 58.2 cm³/mol. The van der Waals surface area contributed by atoms with Gasteiger partial charge in [0.05, 0.1) is 11.5 Å². The average Bonchev–Trinajstić information content (AvgIpc) is 2.29. The molecule has 0 fully saturated rings. The van der Waals surface area contributed by atoms with E-state index in [2.05, 4.69) is 10.5 Å². The van der Waals surface area contributed by atoms with Gasteiger partial charge in [0.2, 0.25) is 0 Å². The Bertz CT molecular complexity index is 405. The second-order valence-corrected chi connectivity index (χ2v) is 3.08. The van der Waals surface area contributed by atoms with Crippen LogP contribution in [0.4, 0.5) is 5.69 Å². The van der Waals surface area contributed by atoms with Crippen molar-refractivity contribution in [1.82, 2.24) is 5.32 Å². The van der Waals surface area contributed by atoms with Crippen LogP contribution in [0.25, 0.3) is 0 Å². The number of nitro benzene ring substituents is 1. The summed E-state index contributed by atoms with van der Waals surface area (Å²) in [4.78, 5) is 10.2.